The van der Waals surface area contributed by atoms with E-state index in [4.69, 9.17) is 9.47 Å². The van der Waals surface area contributed by atoms with Crippen LogP contribution in [0.25, 0.3) is 0 Å². The Hall–Kier alpha value is -2.49. The van der Waals surface area contributed by atoms with Crippen LogP contribution in [0.4, 0.5) is 5.69 Å². The van der Waals surface area contributed by atoms with E-state index in [-0.39, 0.29) is 5.97 Å². The first-order valence-corrected chi connectivity index (χ1v) is 7.81. The Morgan fingerprint density at radius 2 is 1.78 bits per heavy atom. The van der Waals surface area contributed by atoms with Crippen LogP contribution in [-0.4, -0.2) is 26.2 Å². The Kier molecular flexibility index (Phi) is 6.48. The molecule has 2 aromatic rings. The van der Waals surface area contributed by atoms with E-state index < -0.39 is 0 Å². The van der Waals surface area contributed by atoms with Gasteiger partial charge in [0.05, 0.1) is 19.3 Å². The largest absolute Gasteiger partial charge is 0.494 e. The number of para-hydroxylation sites is 1. The highest BCUT2D eigenvalue weighted by molar-refractivity contribution is 5.95. The molecule has 23 heavy (non-hydrogen) atoms. The van der Waals surface area contributed by atoms with E-state index in [9.17, 15) is 4.79 Å². The number of carbonyl (C=O) groups excluding carboxylic acids is 1. The molecule has 0 unspecified atom stereocenters. The van der Waals surface area contributed by atoms with Gasteiger partial charge in [0.2, 0.25) is 0 Å². The smallest absolute Gasteiger partial charge is 0.339 e. The summed E-state index contributed by atoms with van der Waals surface area (Å²) in [5, 5.41) is 3.28. The molecule has 0 fully saturated rings. The van der Waals surface area contributed by atoms with Crippen molar-refractivity contribution >= 4 is 11.7 Å². The third kappa shape index (κ3) is 5.33. The van der Waals surface area contributed by atoms with Crippen molar-refractivity contribution < 1.29 is 14.3 Å². The molecule has 4 nitrogen and oxygen atoms in total. The average Bonchev–Trinajstić information content (AvgIpc) is 2.59. The molecule has 1 N–H and O–H groups in total. The van der Waals surface area contributed by atoms with Crippen molar-refractivity contribution in [3.8, 4) is 5.75 Å². The summed E-state index contributed by atoms with van der Waals surface area (Å²) in [6, 6.07) is 15.4. The zero-order valence-electron chi connectivity index (χ0n) is 13.7. The summed E-state index contributed by atoms with van der Waals surface area (Å²) in [5.74, 6) is 0.579. The van der Waals surface area contributed by atoms with Gasteiger partial charge in [0.1, 0.15) is 5.75 Å². The highest BCUT2D eigenvalue weighted by Gasteiger charge is 2.09. The van der Waals surface area contributed by atoms with Crippen molar-refractivity contribution in [2.45, 2.75) is 19.8 Å². The minimum Gasteiger partial charge on any atom is -0.494 e. The molecule has 0 aliphatic rings. The Balaban J connectivity index is 1.70. The first-order chi connectivity index (χ1) is 11.2. The highest BCUT2D eigenvalue weighted by Crippen LogP contribution is 2.16. The maximum Gasteiger partial charge on any atom is 0.339 e. The number of unbranched alkanes of at least 4 members (excludes halogenated alkanes) is 1. The number of methoxy groups -OCH3 is 1. The molecular formula is C19H23NO3. The van der Waals surface area contributed by atoms with Gasteiger partial charge in [-0.05, 0) is 44.0 Å². The van der Waals surface area contributed by atoms with E-state index in [1.54, 1.807) is 6.07 Å². The van der Waals surface area contributed by atoms with Crippen LogP contribution in [0, 0.1) is 6.92 Å². The molecule has 2 aromatic carbocycles. The lowest BCUT2D eigenvalue weighted by atomic mass is 10.1. The standard InChI is InChI=1S/C19H23NO3/c1-15-9-11-16(12-10-15)23-14-6-5-13-20-18-8-4-3-7-17(18)19(21)22-2/h3-4,7-12,20H,5-6,13-14H2,1-2H3. The summed E-state index contributed by atoms with van der Waals surface area (Å²) in [6.45, 7) is 3.52. The van der Waals surface area contributed by atoms with Gasteiger partial charge >= 0.3 is 5.97 Å². The van der Waals surface area contributed by atoms with E-state index in [1.165, 1.54) is 12.7 Å². The van der Waals surface area contributed by atoms with Gasteiger partial charge in [-0.2, -0.15) is 0 Å². The fraction of sp³-hybridized carbons (Fsp3) is 0.316. The fourth-order valence-electron chi connectivity index (χ4n) is 2.20. The Labute approximate surface area is 137 Å². The molecule has 0 atom stereocenters. The lowest BCUT2D eigenvalue weighted by Crippen LogP contribution is -2.10. The third-order valence-electron chi connectivity index (χ3n) is 3.51. The van der Waals surface area contributed by atoms with E-state index in [0.29, 0.717) is 12.2 Å². The second-order valence-electron chi connectivity index (χ2n) is 5.33. The van der Waals surface area contributed by atoms with Gasteiger partial charge in [-0.25, -0.2) is 4.79 Å². The summed E-state index contributed by atoms with van der Waals surface area (Å²) in [7, 11) is 1.39. The fourth-order valence-corrected chi connectivity index (χ4v) is 2.20. The summed E-state index contributed by atoms with van der Waals surface area (Å²) < 4.78 is 10.5. The van der Waals surface area contributed by atoms with Crippen molar-refractivity contribution in [1.82, 2.24) is 0 Å². The van der Waals surface area contributed by atoms with Crippen molar-refractivity contribution in [3.63, 3.8) is 0 Å². The minimum atomic E-state index is -0.323. The number of benzene rings is 2. The van der Waals surface area contributed by atoms with Gasteiger partial charge in [0, 0.05) is 12.2 Å². The molecule has 0 heterocycles. The predicted octanol–water partition coefficient (Wildman–Crippen LogP) is 4.05. The first kappa shape index (κ1) is 16.9. The summed E-state index contributed by atoms with van der Waals surface area (Å²) in [5.41, 5.74) is 2.59. The zero-order valence-corrected chi connectivity index (χ0v) is 13.7. The van der Waals surface area contributed by atoms with Gasteiger partial charge in [-0.15, -0.1) is 0 Å². The van der Waals surface area contributed by atoms with Crippen LogP contribution in [-0.2, 0) is 4.74 Å². The van der Waals surface area contributed by atoms with Crippen LogP contribution in [0.15, 0.2) is 48.5 Å². The summed E-state index contributed by atoms with van der Waals surface area (Å²) in [6.07, 6.45) is 1.91. The van der Waals surface area contributed by atoms with E-state index in [1.807, 2.05) is 42.5 Å². The van der Waals surface area contributed by atoms with Crippen molar-refractivity contribution in [2.75, 3.05) is 25.6 Å². The zero-order chi connectivity index (χ0) is 16.5. The molecule has 4 heteroatoms. The molecule has 0 spiro atoms. The average molecular weight is 313 g/mol. The monoisotopic (exact) mass is 313 g/mol. The molecule has 0 aliphatic heterocycles. The molecule has 0 saturated heterocycles. The highest BCUT2D eigenvalue weighted by atomic mass is 16.5. The predicted molar refractivity (Wildman–Crippen MR) is 92.2 cm³/mol. The van der Waals surface area contributed by atoms with Crippen LogP contribution < -0.4 is 10.1 Å². The van der Waals surface area contributed by atoms with E-state index in [0.717, 1.165) is 30.8 Å². The Bertz CT molecular complexity index is 623. The third-order valence-corrected chi connectivity index (χ3v) is 3.51. The van der Waals surface area contributed by atoms with Gasteiger partial charge in [-0.1, -0.05) is 29.8 Å². The number of ether oxygens (including phenoxy) is 2. The van der Waals surface area contributed by atoms with Gasteiger partial charge in [0.25, 0.3) is 0 Å². The van der Waals surface area contributed by atoms with Crippen LogP contribution in [0.2, 0.25) is 0 Å². The Morgan fingerprint density at radius 3 is 2.52 bits per heavy atom. The molecule has 2 rings (SSSR count). The van der Waals surface area contributed by atoms with Gasteiger partial charge < -0.3 is 14.8 Å². The summed E-state index contributed by atoms with van der Waals surface area (Å²) in [4.78, 5) is 11.7. The van der Waals surface area contributed by atoms with E-state index in [2.05, 4.69) is 12.2 Å². The van der Waals surface area contributed by atoms with Crippen LogP contribution in [0.3, 0.4) is 0 Å². The number of rotatable bonds is 8. The molecular weight excluding hydrogens is 290 g/mol. The molecule has 0 aliphatic carbocycles. The second-order valence-corrected chi connectivity index (χ2v) is 5.33. The lowest BCUT2D eigenvalue weighted by molar-refractivity contribution is 0.0602. The molecule has 0 radical (unpaired) electrons. The van der Waals surface area contributed by atoms with E-state index >= 15 is 0 Å². The number of nitrogens with one attached hydrogen (secondary N) is 1. The summed E-state index contributed by atoms with van der Waals surface area (Å²) >= 11 is 0. The van der Waals surface area contributed by atoms with Crippen molar-refractivity contribution in [2.24, 2.45) is 0 Å². The van der Waals surface area contributed by atoms with Crippen LogP contribution in [0.5, 0.6) is 5.75 Å². The maximum absolute atomic E-state index is 11.7. The molecule has 0 saturated carbocycles. The topological polar surface area (TPSA) is 47.6 Å². The number of carbonyl (C=O) groups is 1. The lowest BCUT2D eigenvalue weighted by Gasteiger charge is -2.11. The second kappa shape index (κ2) is 8.83. The molecule has 0 amide bonds. The normalized spacial score (nSPS) is 10.2. The van der Waals surface area contributed by atoms with Crippen LogP contribution in [0.1, 0.15) is 28.8 Å². The SMILES string of the molecule is COC(=O)c1ccccc1NCCCCOc1ccc(C)cc1. The molecule has 122 valence electrons. The van der Waals surface area contributed by atoms with Crippen molar-refractivity contribution in [1.29, 1.82) is 0 Å². The van der Waals surface area contributed by atoms with Crippen molar-refractivity contribution in [3.05, 3.63) is 59.7 Å². The van der Waals surface area contributed by atoms with Gasteiger partial charge in [0.15, 0.2) is 0 Å². The molecule has 0 aromatic heterocycles. The number of anilines is 1. The van der Waals surface area contributed by atoms with Crippen LogP contribution >= 0.6 is 0 Å². The molecule has 0 bridgehead atoms. The number of aryl methyl sites for hydroxylation is 1. The quantitative estimate of drug-likeness (QED) is 0.590. The minimum absolute atomic E-state index is 0.323. The number of esters is 1. The Morgan fingerprint density at radius 1 is 1.04 bits per heavy atom. The number of hydrogen-bond donors (Lipinski definition) is 1. The first-order valence-electron chi connectivity index (χ1n) is 7.81. The maximum atomic E-state index is 11.7. The van der Waals surface area contributed by atoms with Gasteiger partial charge in [-0.3, -0.25) is 0 Å². The number of hydrogen-bond acceptors (Lipinski definition) is 4.